The number of hydrogen-bond acceptors (Lipinski definition) is 4. The first-order valence-electron chi connectivity index (χ1n) is 7.78. The average Bonchev–Trinajstić information content (AvgIpc) is 2.45. The lowest BCUT2D eigenvalue weighted by atomic mass is 10.1. The molecule has 4 heteroatoms. The van der Waals surface area contributed by atoms with E-state index in [0.717, 1.165) is 36.6 Å². The third-order valence-electron chi connectivity index (χ3n) is 3.04. The van der Waals surface area contributed by atoms with Gasteiger partial charge in [0.25, 0.3) is 0 Å². The third kappa shape index (κ3) is 6.82. The minimum atomic E-state index is 0.541. The lowest BCUT2D eigenvalue weighted by molar-refractivity contribution is 0.0910. The number of rotatable bonds is 11. The highest BCUT2D eigenvalue weighted by molar-refractivity contribution is 5.46. The summed E-state index contributed by atoms with van der Waals surface area (Å²) in [6.07, 6.45) is 1.08. The van der Waals surface area contributed by atoms with Gasteiger partial charge in [-0.15, -0.1) is 0 Å². The summed E-state index contributed by atoms with van der Waals surface area (Å²) in [4.78, 5) is 0. The van der Waals surface area contributed by atoms with E-state index in [-0.39, 0.29) is 0 Å². The lowest BCUT2D eigenvalue weighted by Crippen LogP contribution is -2.12. The van der Waals surface area contributed by atoms with Crippen LogP contribution in [0.3, 0.4) is 0 Å². The van der Waals surface area contributed by atoms with E-state index in [1.54, 1.807) is 0 Å². The largest absolute Gasteiger partial charge is 0.490 e. The molecule has 0 aliphatic carbocycles. The van der Waals surface area contributed by atoms with Crippen LogP contribution in [0.2, 0.25) is 0 Å². The molecule has 0 aromatic heterocycles. The molecule has 0 aliphatic rings. The summed E-state index contributed by atoms with van der Waals surface area (Å²) in [5.41, 5.74) is 1.10. The zero-order valence-electron chi connectivity index (χ0n) is 13.8. The number of hydrogen-bond donors (Lipinski definition) is 1. The molecule has 0 saturated heterocycles. The van der Waals surface area contributed by atoms with Gasteiger partial charge in [0, 0.05) is 18.7 Å². The molecule has 0 aliphatic heterocycles. The molecule has 0 spiro atoms. The molecule has 120 valence electrons. The molecule has 1 aromatic carbocycles. The fraction of sp³-hybridized carbons (Fsp3) is 0.647. The summed E-state index contributed by atoms with van der Waals surface area (Å²) in [6, 6.07) is 5.98. The maximum Gasteiger partial charge on any atom is 0.165 e. The van der Waals surface area contributed by atoms with Gasteiger partial charge in [-0.1, -0.05) is 26.0 Å². The highest BCUT2D eigenvalue weighted by Gasteiger charge is 2.10. The second-order valence-corrected chi connectivity index (χ2v) is 5.35. The van der Waals surface area contributed by atoms with E-state index in [9.17, 15) is 0 Å². The van der Waals surface area contributed by atoms with Crippen LogP contribution in [0.4, 0.5) is 0 Å². The summed E-state index contributed by atoms with van der Waals surface area (Å²) in [5, 5.41) is 3.15. The number of ether oxygens (including phenoxy) is 3. The van der Waals surface area contributed by atoms with Crippen molar-refractivity contribution in [3.63, 3.8) is 0 Å². The van der Waals surface area contributed by atoms with Crippen molar-refractivity contribution in [2.45, 2.75) is 33.7 Å². The predicted octanol–water partition coefficient (Wildman–Crippen LogP) is 3.25. The van der Waals surface area contributed by atoms with E-state index in [4.69, 9.17) is 14.2 Å². The Balaban J connectivity index is 2.50. The Labute approximate surface area is 128 Å². The first-order valence-corrected chi connectivity index (χ1v) is 7.78. The number of para-hydroxylation sites is 1. The van der Waals surface area contributed by atoms with Crippen molar-refractivity contribution < 1.29 is 14.2 Å². The van der Waals surface area contributed by atoms with Crippen LogP contribution in [0.1, 0.15) is 32.8 Å². The molecule has 0 amide bonds. The molecule has 0 bridgehead atoms. The van der Waals surface area contributed by atoms with Gasteiger partial charge >= 0.3 is 0 Å². The van der Waals surface area contributed by atoms with Crippen LogP contribution in [-0.4, -0.2) is 33.5 Å². The van der Waals surface area contributed by atoms with Gasteiger partial charge in [-0.2, -0.15) is 0 Å². The van der Waals surface area contributed by atoms with Crippen molar-refractivity contribution in [2.24, 2.45) is 5.92 Å². The Bertz CT molecular complexity index is 369. The Morgan fingerprint density at radius 3 is 2.57 bits per heavy atom. The zero-order valence-corrected chi connectivity index (χ0v) is 13.8. The second-order valence-electron chi connectivity index (χ2n) is 5.35. The van der Waals surface area contributed by atoms with Gasteiger partial charge in [0.1, 0.15) is 6.61 Å². The van der Waals surface area contributed by atoms with Crippen molar-refractivity contribution in [1.82, 2.24) is 5.32 Å². The summed E-state index contributed by atoms with van der Waals surface area (Å²) >= 11 is 0. The predicted molar refractivity (Wildman–Crippen MR) is 86.1 cm³/mol. The SMILES string of the molecule is CCOc1cccc(CNC)c1OCCOCCC(C)C. The van der Waals surface area contributed by atoms with Gasteiger partial charge in [0.15, 0.2) is 11.5 Å². The molecular formula is C17H29NO3. The van der Waals surface area contributed by atoms with Crippen LogP contribution in [0, 0.1) is 5.92 Å². The van der Waals surface area contributed by atoms with Gasteiger partial charge in [0.2, 0.25) is 0 Å². The molecule has 0 radical (unpaired) electrons. The van der Waals surface area contributed by atoms with Crippen molar-refractivity contribution >= 4 is 0 Å². The van der Waals surface area contributed by atoms with Gasteiger partial charge in [-0.05, 0) is 32.4 Å². The van der Waals surface area contributed by atoms with Gasteiger partial charge in [0.05, 0.1) is 13.2 Å². The highest BCUT2D eigenvalue weighted by Crippen LogP contribution is 2.31. The lowest BCUT2D eigenvalue weighted by Gasteiger charge is -2.16. The Hall–Kier alpha value is -1.26. The minimum absolute atomic E-state index is 0.541. The highest BCUT2D eigenvalue weighted by atomic mass is 16.5. The summed E-state index contributed by atoms with van der Waals surface area (Å²) < 4.78 is 17.1. The molecule has 4 nitrogen and oxygen atoms in total. The van der Waals surface area contributed by atoms with Crippen molar-refractivity contribution in [3.05, 3.63) is 23.8 Å². The van der Waals surface area contributed by atoms with Crippen molar-refractivity contribution in [3.8, 4) is 11.5 Å². The van der Waals surface area contributed by atoms with E-state index in [1.807, 2.05) is 32.2 Å². The monoisotopic (exact) mass is 295 g/mol. The molecular weight excluding hydrogens is 266 g/mol. The third-order valence-corrected chi connectivity index (χ3v) is 3.04. The van der Waals surface area contributed by atoms with E-state index in [0.29, 0.717) is 25.7 Å². The van der Waals surface area contributed by atoms with Crippen LogP contribution in [-0.2, 0) is 11.3 Å². The topological polar surface area (TPSA) is 39.7 Å². The first kappa shape index (κ1) is 17.8. The molecule has 1 rings (SSSR count). The molecule has 0 unspecified atom stereocenters. The molecule has 1 N–H and O–H groups in total. The Kier molecular flexibility index (Phi) is 8.87. The maximum atomic E-state index is 5.89. The second kappa shape index (κ2) is 10.5. The minimum Gasteiger partial charge on any atom is -0.490 e. The maximum absolute atomic E-state index is 5.89. The van der Waals surface area contributed by atoms with Crippen LogP contribution < -0.4 is 14.8 Å². The van der Waals surface area contributed by atoms with Gasteiger partial charge in [-0.3, -0.25) is 0 Å². The summed E-state index contributed by atoms with van der Waals surface area (Å²) in [6.45, 7) is 9.69. The molecule has 0 fully saturated rings. The normalized spacial score (nSPS) is 10.9. The average molecular weight is 295 g/mol. The van der Waals surface area contributed by atoms with E-state index < -0.39 is 0 Å². The molecule has 1 aromatic rings. The summed E-state index contributed by atoms with van der Waals surface area (Å²) in [7, 11) is 1.92. The fourth-order valence-electron chi connectivity index (χ4n) is 1.95. The Morgan fingerprint density at radius 1 is 1.10 bits per heavy atom. The van der Waals surface area contributed by atoms with E-state index in [1.165, 1.54) is 0 Å². The molecule has 0 heterocycles. The van der Waals surface area contributed by atoms with Crippen molar-refractivity contribution in [1.29, 1.82) is 0 Å². The first-order chi connectivity index (χ1) is 10.2. The number of benzene rings is 1. The standard InChI is InChI=1S/C17H29NO3/c1-5-20-16-8-6-7-15(13-18-4)17(16)21-12-11-19-10-9-14(2)3/h6-8,14,18H,5,9-13H2,1-4H3. The van der Waals surface area contributed by atoms with Crippen molar-refractivity contribution in [2.75, 3.05) is 33.5 Å². The van der Waals surface area contributed by atoms with Crippen LogP contribution in [0.15, 0.2) is 18.2 Å². The zero-order chi connectivity index (χ0) is 15.5. The molecule has 0 atom stereocenters. The van der Waals surface area contributed by atoms with E-state index >= 15 is 0 Å². The molecule has 21 heavy (non-hydrogen) atoms. The van der Waals surface area contributed by atoms with E-state index in [2.05, 4.69) is 19.2 Å². The quantitative estimate of drug-likeness (QED) is 0.636. The van der Waals surface area contributed by atoms with Crippen LogP contribution in [0.5, 0.6) is 11.5 Å². The number of nitrogens with one attached hydrogen (secondary N) is 1. The Morgan fingerprint density at radius 2 is 1.90 bits per heavy atom. The smallest absolute Gasteiger partial charge is 0.165 e. The van der Waals surface area contributed by atoms with Crippen LogP contribution >= 0.6 is 0 Å². The van der Waals surface area contributed by atoms with Crippen LogP contribution in [0.25, 0.3) is 0 Å². The summed E-state index contributed by atoms with van der Waals surface area (Å²) in [5.74, 6) is 2.29. The fourth-order valence-corrected chi connectivity index (χ4v) is 1.95. The van der Waals surface area contributed by atoms with Gasteiger partial charge in [-0.25, -0.2) is 0 Å². The van der Waals surface area contributed by atoms with Gasteiger partial charge < -0.3 is 19.5 Å². The molecule has 0 saturated carbocycles.